The Morgan fingerprint density at radius 1 is 1.38 bits per heavy atom. The number of hydrogen-bond acceptors (Lipinski definition) is 3. The van der Waals surface area contributed by atoms with E-state index >= 15 is 0 Å². The van der Waals surface area contributed by atoms with Crippen LogP contribution in [0.25, 0.3) is 0 Å². The zero-order chi connectivity index (χ0) is 15.2. The zero-order valence-corrected chi connectivity index (χ0v) is 13.0. The summed E-state index contributed by atoms with van der Waals surface area (Å²) in [7, 11) is -0.805. The van der Waals surface area contributed by atoms with Crippen LogP contribution in [0.1, 0.15) is 22.3 Å². The average Bonchev–Trinajstić information content (AvgIpc) is 2.49. The zero-order valence-electron chi connectivity index (χ0n) is 11.5. The molecule has 0 unspecified atom stereocenters. The minimum atomic E-state index is -0.805. The predicted octanol–water partition coefficient (Wildman–Crippen LogP) is 1.28. The van der Waals surface area contributed by atoms with Gasteiger partial charge in [0.05, 0.1) is 11.6 Å². The van der Waals surface area contributed by atoms with Crippen LogP contribution in [0.3, 0.4) is 0 Å². The van der Waals surface area contributed by atoms with Gasteiger partial charge < -0.3 is 10.0 Å². The van der Waals surface area contributed by atoms with Crippen molar-refractivity contribution in [1.29, 1.82) is 0 Å². The molecule has 0 radical (unpaired) electrons. The van der Waals surface area contributed by atoms with Crippen LogP contribution in [0, 0.1) is 11.8 Å². The molecule has 6 heteroatoms. The summed E-state index contributed by atoms with van der Waals surface area (Å²) >= 11 is 6.13. The largest absolute Gasteiger partial charge is 0.395 e. The number of rotatable bonds is 2. The Morgan fingerprint density at radius 3 is 2.71 bits per heavy atom. The fourth-order valence-electron chi connectivity index (χ4n) is 1.99. The summed E-state index contributed by atoms with van der Waals surface area (Å²) in [6.07, 6.45) is 0.391. The Bertz CT molecular complexity index is 611. The third-order valence-electron chi connectivity index (χ3n) is 3.14. The van der Waals surface area contributed by atoms with E-state index in [1.54, 1.807) is 23.1 Å². The molecule has 1 amide bonds. The summed E-state index contributed by atoms with van der Waals surface area (Å²) in [5, 5.41) is 9.11. The molecule has 1 fully saturated rings. The van der Waals surface area contributed by atoms with Crippen molar-refractivity contribution in [1.82, 2.24) is 4.90 Å². The van der Waals surface area contributed by atoms with E-state index in [1.165, 1.54) is 0 Å². The average molecular weight is 326 g/mol. The molecule has 2 rings (SSSR count). The summed E-state index contributed by atoms with van der Waals surface area (Å²) in [4.78, 5) is 14.0. The van der Waals surface area contributed by atoms with Crippen LogP contribution in [0.2, 0.25) is 5.02 Å². The van der Waals surface area contributed by atoms with E-state index in [4.69, 9.17) is 16.7 Å². The van der Waals surface area contributed by atoms with Crippen molar-refractivity contribution in [2.24, 2.45) is 0 Å². The molecule has 1 aromatic carbocycles. The number of benzene rings is 1. The lowest BCUT2D eigenvalue weighted by Gasteiger charge is -2.26. The smallest absolute Gasteiger partial charge is 0.253 e. The molecule has 0 spiro atoms. The second kappa shape index (κ2) is 7.60. The first-order valence-corrected chi connectivity index (χ1v) is 8.52. The van der Waals surface area contributed by atoms with Crippen LogP contribution in [0.5, 0.6) is 0 Å². The number of nitrogens with zero attached hydrogens (tertiary/aromatic N) is 1. The van der Waals surface area contributed by atoms with Crippen molar-refractivity contribution in [3.8, 4) is 11.8 Å². The Kier molecular flexibility index (Phi) is 5.80. The van der Waals surface area contributed by atoms with E-state index in [0.29, 0.717) is 47.2 Å². The van der Waals surface area contributed by atoms with Gasteiger partial charge in [0.15, 0.2) is 0 Å². The minimum absolute atomic E-state index is 0.0114. The molecular formula is C15H16ClNO3S. The van der Waals surface area contributed by atoms with Crippen molar-refractivity contribution in [3.05, 3.63) is 34.3 Å². The van der Waals surface area contributed by atoms with Crippen LogP contribution < -0.4 is 0 Å². The second-order valence-corrected chi connectivity index (χ2v) is 6.71. The molecule has 0 aliphatic carbocycles. The third kappa shape index (κ3) is 4.31. The van der Waals surface area contributed by atoms with E-state index in [2.05, 4.69) is 11.8 Å². The summed E-state index contributed by atoms with van der Waals surface area (Å²) in [6.45, 7) is 1.04. The van der Waals surface area contributed by atoms with Crippen molar-refractivity contribution in [2.45, 2.75) is 6.42 Å². The van der Waals surface area contributed by atoms with Crippen LogP contribution in [0.15, 0.2) is 18.2 Å². The van der Waals surface area contributed by atoms with E-state index in [9.17, 15) is 9.00 Å². The number of aliphatic hydroxyl groups is 1. The summed E-state index contributed by atoms with van der Waals surface area (Å²) in [5.41, 5.74) is 1.15. The van der Waals surface area contributed by atoms with Gasteiger partial charge in [0.1, 0.15) is 0 Å². The Hall–Kier alpha value is -1.35. The van der Waals surface area contributed by atoms with Crippen molar-refractivity contribution in [3.63, 3.8) is 0 Å². The summed E-state index contributed by atoms with van der Waals surface area (Å²) < 4.78 is 11.3. The molecular weight excluding hydrogens is 310 g/mol. The maximum absolute atomic E-state index is 12.3. The number of halogens is 1. The first-order chi connectivity index (χ1) is 10.1. The fraction of sp³-hybridized carbons (Fsp3) is 0.400. The molecule has 0 aromatic heterocycles. The summed E-state index contributed by atoms with van der Waals surface area (Å²) in [5.74, 6) is 6.62. The van der Waals surface area contributed by atoms with Gasteiger partial charge >= 0.3 is 0 Å². The van der Waals surface area contributed by atoms with E-state index < -0.39 is 10.8 Å². The molecule has 1 heterocycles. The monoisotopic (exact) mass is 325 g/mol. The summed E-state index contributed by atoms with van der Waals surface area (Å²) in [6, 6.07) is 5.02. The maximum Gasteiger partial charge on any atom is 0.253 e. The topological polar surface area (TPSA) is 57.6 Å². The van der Waals surface area contributed by atoms with Gasteiger partial charge in [0.2, 0.25) is 0 Å². The van der Waals surface area contributed by atoms with Crippen LogP contribution >= 0.6 is 11.6 Å². The van der Waals surface area contributed by atoms with Crippen molar-refractivity contribution in [2.75, 3.05) is 31.2 Å². The highest BCUT2D eigenvalue weighted by molar-refractivity contribution is 7.85. The van der Waals surface area contributed by atoms with Crippen LogP contribution in [0.4, 0.5) is 0 Å². The van der Waals surface area contributed by atoms with Crippen LogP contribution in [-0.4, -0.2) is 51.3 Å². The molecule has 0 saturated carbocycles. The van der Waals surface area contributed by atoms with Crippen molar-refractivity contribution < 1.29 is 14.1 Å². The molecule has 1 aromatic rings. The number of amides is 1. The quantitative estimate of drug-likeness (QED) is 0.833. The Labute approximate surface area is 131 Å². The normalized spacial score (nSPS) is 15.4. The molecule has 1 N–H and O–H groups in total. The lowest BCUT2D eigenvalue weighted by molar-refractivity contribution is 0.0771. The van der Waals surface area contributed by atoms with Gasteiger partial charge in [-0.3, -0.25) is 9.00 Å². The molecule has 0 bridgehead atoms. The number of carbonyl (C=O) groups is 1. The van der Waals surface area contributed by atoms with E-state index in [0.717, 1.165) is 0 Å². The van der Waals surface area contributed by atoms with Gasteiger partial charge in [-0.05, 0) is 18.2 Å². The van der Waals surface area contributed by atoms with E-state index in [-0.39, 0.29) is 12.5 Å². The highest BCUT2D eigenvalue weighted by Gasteiger charge is 2.21. The fourth-order valence-corrected chi connectivity index (χ4v) is 3.27. The highest BCUT2D eigenvalue weighted by atomic mass is 35.5. The standard InChI is InChI=1S/C15H16ClNO3S/c16-14-11-13(5-4-12(14)3-1-2-8-18)15(19)17-6-9-21(20)10-7-17/h4-5,11,18H,2,6-10H2. The minimum Gasteiger partial charge on any atom is -0.395 e. The molecule has 1 saturated heterocycles. The van der Waals surface area contributed by atoms with Gasteiger partial charge in [0.25, 0.3) is 5.91 Å². The molecule has 21 heavy (non-hydrogen) atoms. The number of carbonyl (C=O) groups excluding carboxylic acids is 1. The lowest BCUT2D eigenvalue weighted by atomic mass is 10.1. The van der Waals surface area contributed by atoms with Gasteiger partial charge in [-0.25, -0.2) is 0 Å². The maximum atomic E-state index is 12.3. The van der Waals surface area contributed by atoms with Gasteiger partial charge in [-0.15, -0.1) is 0 Å². The van der Waals surface area contributed by atoms with Gasteiger partial charge in [-0.1, -0.05) is 23.4 Å². The third-order valence-corrected chi connectivity index (χ3v) is 4.73. The number of aliphatic hydroxyl groups excluding tert-OH is 1. The van der Waals surface area contributed by atoms with E-state index in [1.807, 2.05) is 0 Å². The van der Waals surface area contributed by atoms with Crippen LogP contribution in [-0.2, 0) is 10.8 Å². The second-order valence-electron chi connectivity index (χ2n) is 4.61. The predicted molar refractivity (Wildman–Crippen MR) is 83.8 cm³/mol. The lowest BCUT2D eigenvalue weighted by Crippen LogP contribution is -2.41. The molecule has 4 nitrogen and oxygen atoms in total. The highest BCUT2D eigenvalue weighted by Crippen LogP contribution is 2.19. The Balaban J connectivity index is 2.11. The SMILES string of the molecule is O=C(c1ccc(C#CCCO)c(Cl)c1)N1CCS(=O)CC1. The molecule has 112 valence electrons. The Morgan fingerprint density at radius 2 is 2.10 bits per heavy atom. The molecule has 0 atom stereocenters. The number of hydrogen-bond donors (Lipinski definition) is 1. The first kappa shape index (κ1) is 16.0. The van der Waals surface area contributed by atoms with Gasteiger partial charge in [0, 0.05) is 52.9 Å². The van der Waals surface area contributed by atoms with Crippen molar-refractivity contribution >= 4 is 28.3 Å². The van der Waals surface area contributed by atoms with Gasteiger partial charge in [-0.2, -0.15) is 0 Å². The molecule has 1 aliphatic rings. The molecule has 1 aliphatic heterocycles. The first-order valence-electron chi connectivity index (χ1n) is 6.65.